The molecule has 1 N–H and O–H groups in total. The van der Waals surface area contributed by atoms with Gasteiger partial charge in [-0.1, -0.05) is 12.1 Å². The van der Waals surface area contributed by atoms with Crippen molar-refractivity contribution >= 4 is 17.4 Å². The van der Waals surface area contributed by atoms with Gasteiger partial charge in [0.2, 0.25) is 5.91 Å². The fourth-order valence-corrected chi connectivity index (χ4v) is 1.49. The minimum atomic E-state index is -0.101. The van der Waals surface area contributed by atoms with Crippen LogP contribution in [-0.4, -0.2) is 25.4 Å². The Kier molecular flexibility index (Phi) is 5.36. The molecular weight excluding hydrogens is 218 g/mol. The molecule has 0 atom stereocenters. The Labute approximate surface area is 101 Å². The number of nitrogens with one attached hydrogen (secondary N) is 1. The third kappa shape index (κ3) is 4.36. The van der Waals surface area contributed by atoms with Crippen LogP contribution in [0, 0.1) is 0 Å². The fraction of sp³-hybridized carbons (Fsp3) is 0.385. The summed E-state index contributed by atoms with van der Waals surface area (Å²) in [7, 11) is 1.60. The van der Waals surface area contributed by atoms with Crippen LogP contribution in [0.25, 0.3) is 0 Å². The van der Waals surface area contributed by atoms with Crippen molar-refractivity contribution in [2.75, 3.05) is 19.0 Å². The van der Waals surface area contributed by atoms with Crippen LogP contribution in [0.1, 0.15) is 30.1 Å². The first-order valence-electron chi connectivity index (χ1n) is 5.54. The van der Waals surface area contributed by atoms with Crippen molar-refractivity contribution in [1.82, 2.24) is 0 Å². The van der Waals surface area contributed by atoms with E-state index in [1.807, 2.05) is 0 Å². The highest BCUT2D eigenvalue weighted by molar-refractivity contribution is 6.03. The normalized spacial score (nSPS) is 10.0. The van der Waals surface area contributed by atoms with Crippen molar-refractivity contribution in [3.05, 3.63) is 29.8 Å². The number of carbonyl (C=O) groups is 2. The third-order valence-electron chi connectivity index (χ3n) is 2.33. The van der Waals surface area contributed by atoms with Gasteiger partial charge >= 0.3 is 0 Å². The van der Waals surface area contributed by atoms with Crippen molar-refractivity contribution in [3.8, 4) is 0 Å². The van der Waals surface area contributed by atoms with E-state index in [-0.39, 0.29) is 11.7 Å². The van der Waals surface area contributed by atoms with Crippen LogP contribution in [0.2, 0.25) is 0 Å². The SMILES string of the molecule is COCCCC(=O)Nc1ccccc1C(C)=O. The molecule has 1 aromatic carbocycles. The first-order valence-corrected chi connectivity index (χ1v) is 5.54. The largest absolute Gasteiger partial charge is 0.385 e. The van der Waals surface area contributed by atoms with Crippen LogP contribution < -0.4 is 5.32 Å². The number of anilines is 1. The Morgan fingerprint density at radius 3 is 2.65 bits per heavy atom. The second-order valence-electron chi connectivity index (χ2n) is 3.75. The molecule has 92 valence electrons. The number of rotatable bonds is 6. The fourth-order valence-electron chi connectivity index (χ4n) is 1.49. The van der Waals surface area contributed by atoms with Crippen LogP contribution in [0.15, 0.2) is 24.3 Å². The smallest absolute Gasteiger partial charge is 0.224 e. The molecule has 0 heterocycles. The van der Waals surface area contributed by atoms with Crippen LogP contribution in [0.5, 0.6) is 0 Å². The molecule has 1 rings (SSSR count). The number of hydrogen-bond donors (Lipinski definition) is 1. The molecule has 0 saturated heterocycles. The molecule has 0 saturated carbocycles. The Bertz CT molecular complexity index is 401. The van der Waals surface area contributed by atoms with E-state index < -0.39 is 0 Å². The van der Waals surface area contributed by atoms with Gasteiger partial charge in [-0.15, -0.1) is 0 Å². The van der Waals surface area contributed by atoms with Gasteiger partial charge in [0, 0.05) is 25.7 Å². The lowest BCUT2D eigenvalue weighted by atomic mass is 10.1. The van der Waals surface area contributed by atoms with E-state index in [4.69, 9.17) is 4.74 Å². The lowest BCUT2D eigenvalue weighted by molar-refractivity contribution is -0.116. The van der Waals surface area contributed by atoms with Gasteiger partial charge in [-0.3, -0.25) is 9.59 Å². The van der Waals surface area contributed by atoms with Crippen molar-refractivity contribution in [3.63, 3.8) is 0 Å². The predicted octanol–water partition coefficient (Wildman–Crippen LogP) is 2.25. The zero-order valence-electron chi connectivity index (χ0n) is 10.2. The summed E-state index contributed by atoms with van der Waals surface area (Å²) in [6.07, 6.45) is 1.06. The molecule has 0 aliphatic carbocycles. The maximum atomic E-state index is 11.6. The minimum absolute atomic E-state index is 0.0576. The van der Waals surface area contributed by atoms with Gasteiger partial charge in [-0.25, -0.2) is 0 Å². The van der Waals surface area contributed by atoms with E-state index in [1.165, 1.54) is 6.92 Å². The van der Waals surface area contributed by atoms with Crippen molar-refractivity contribution in [2.45, 2.75) is 19.8 Å². The summed E-state index contributed by atoms with van der Waals surface area (Å²) >= 11 is 0. The minimum Gasteiger partial charge on any atom is -0.385 e. The second kappa shape index (κ2) is 6.81. The topological polar surface area (TPSA) is 55.4 Å². The summed E-state index contributed by atoms with van der Waals surface area (Å²) in [4.78, 5) is 22.9. The number of methoxy groups -OCH3 is 1. The molecule has 0 aliphatic rings. The predicted molar refractivity (Wildman–Crippen MR) is 66.2 cm³/mol. The van der Waals surface area contributed by atoms with Gasteiger partial charge in [0.25, 0.3) is 0 Å². The summed E-state index contributed by atoms with van der Waals surface area (Å²) in [6.45, 7) is 2.04. The molecule has 4 heteroatoms. The van der Waals surface area contributed by atoms with E-state index >= 15 is 0 Å². The van der Waals surface area contributed by atoms with Crippen molar-refractivity contribution in [1.29, 1.82) is 0 Å². The van der Waals surface area contributed by atoms with E-state index in [0.29, 0.717) is 30.7 Å². The summed E-state index contributed by atoms with van der Waals surface area (Å²) in [5, 5.41) is 2.74. The molecule has 4 nitrogen and oxygen atoms in total. The number of ketones is 1. The zero-order chi connectivity index (χ0) is 12.7. The van der Waals surface area contributed by atoms with Gasteiger partial charge in [-0.05, 0) is 25.5 Å². The number of benzene rings is 1. The third-order valence-corrected chi connectivity index (χ3v) is 2.33. The zero-order valence-corrected chi connectivity index (χ0v) is 10.2. The maximum absolute atomic E-state index is 11.6. The van der Waals surface area contributed by atoms with Crippen LogP contribution >= 0.6 is 0 Å². The highest BCUT2D eigenvalue weighted by Gasteiger charge is 2.08. The quantitative estimate of drug-likeness (QED) is 0.607. The molecule has 1 aromatic rings. The number of amides is 1. The van der Waals surface area contributed by atoms with Gasteiger partial charge in [0.05, 0.1) is 5.69 Å². The van der Waals surface area contributed by atoms with Crippen molar-refractivity contribution < 1.29 is 14.3 Å². The van der Waals surface area contributed by atoms with E-state index in [1.54, 1.807) is 31.4 Å². The van der Waals surface area contributed by atoms with Gasteiger partial charge in [0.15, 0.2) is 5.78 Å². The Morgan fingerprint density at radius 1 is 1.29 bits per heavy atom. The van der Waals surface area contributed by atoms with Crippen molar-refractivity contribution in [2.24, 2.45) is 0 Å². The van der Waals surface area contributed by atoms with Gasteiger partial charge in [0.1, 0.15) is 0 Å². The summed E-state index contributed by atoms with van der Waals surface area (Å²) in [5.74, 6) is -0.159. The monoisotopic (exact) mass is 235 g/mol. The van der Waals surface area contributed by atoms with Crippen LogP contribution in [0.4, 0.5) is 5.69 Å². The molecule has 0 radical (unpaired) electrons. The van der Waals surface area contributed by atoms with Crippen LogP contribution in [-0.2, 0) is 9.53 Å². The Morgan fingerprint density at radius 2 is 2.00 bits per heavy atom. The maximum Gasteiger partial charge on any atom is 0.224 e. The molecule has 0 bridgehead atoms. The lowest BCUT2D eigenvalue weighted by Gasteiger charge is -2.08. The second-order valence-corrected chi connectivity index (χ2v) is 3.75. The summed E-state index contributed by atoms with van der Waals surface area (Å²) in [5.41, 5.74) is 1.11. The average molecular weight is 235 g/mol. The highest BCUT2D eigenvalue weighted by Crippen LogP contribution is 2.15. The van der Waals surface area contributed by atoms with E-state index in [2.05, 4.69) is 5.32 Å². The first kappa shape index (κ1) is 13.4. The molecule has 0 unspecified atom stereocenters. The number of Topliss-reactive ketones (excluding diaryl/α,β-unsaturated/α-hetero) is 1. The number of ether oxygens (including phenoxy) is 1. The lowest BCUT2D eigenvalue weighted by Crippen LogP contribution is -2.14. The van der Waals surface area contributed by atoms with Gasteiger partial charge < -0.3 is 10.1 Å². The van der Waals surface area contributed by atoms with Gasteiger partial charge in [-0.2, -0.15) is 0 Å². The molecule has 1 amide bonds. The Hall–Kier alpha value is -1.68. The number of carbonyl (C=O) groups excluding carboxylic acids is 2. The standard InChI is InChI=1S/C13H17NO3/c1-10(15)11-6-3-4-7-12(11)14-13(16)8-5-9-17-2/h3-4,6-7H,5,8-9H2,1-2H3,(H,14,16). The summed E-state index contributed by atoms with van der Waals surface area (Å²) < 4.78 is 4.87. The van der Waals surface area contributed by atoms with E-state index in [0.717, 1.165) is 0 Å². The van der Waals surface area contributed by atoms with E-state index in [9.17, 15) is 9.59 Å². The number of para-hydroxylation sites is 1. The Balaban J connectivity index is 2.61. The molecule has 0 spiro atoms. The molecule has 0 aliphatic heterocycles. The molecule has 17 heavy (non-hydrogen) atoms. The average Bonchev–Trinajstić information content (AvgIpc) is 2.29. The highest BCUT2D eigenvalue weighted by atomic mass is 16.5. The summed E-state index contributed by atoms with van der Waals surface area (Å²) in [6, 6.07) is 6.99. The van der Waals surface area contributed by atoms with Crippen LogP contribution in [0.3, 0.4) is 0 Å². The first-order chi connectivity index (χ1) is 8.15. The number of hydrogen-bond acceptors (Lipinski definition) is 3. The molecule has 0 aromatic heterocycles. The molecule has 0 fully saturated rings. The molecular formula is C13H17NO3.